The van der Waals surface area contributed by atoms with E-state index in [4.69, 9.17) is 10.5 Å². The molecule has 178 valence electrons. The molecule has 0 fully saturated rings. The highest BCUT2D eigenvalue weighted by atomic mass is 19.1. The van der Waals surface area contributed by atoms with Crippen LogP contribution in [0.15, 0.2) is 66.7 Å². The van der Waals surface area contributed by atoms with Gasteiger partial charge in [-0.3, -0.25) is 4.79 Å². The third kappa shape index (κ3) is 4.79. The number of nitrogens with two attached hydrogens (primary N) is 1. The van der Waals surface area contributed by atoms with Crippen molar-refractivity contribution in [3.05, 3.63) is 101 Å². The first-order valence-corrected chi connectivity index (χ1v) is 11.4. The van der Waals surface area contributed by atoms with E-state index in [9.17, 15) is 9.18 Å². The second kappa shape index (κ2) is 10.1. The maximum absolute atomic E-state index is 14.7. The molecule has 0 aliphatic rings. The van der Waals surface area contributed by atoms with Gasteiger partial charge in [0.05, 0.1) is 7.11 Å². The molecule has 0 atom stereocenters. The Balaban J connectivity index is 1.74. The van der Waals surface area contributed by atoms with E-state index in [0.29, 0.717) is 28.3 Å². The van der Waals surface area contributed by atoms with Crippen molar-refractivity contribution < 1.29 is 13.9 Å². The molecule has 0 bridgehead atoms. The molecule has 0 unspecified atom stereocenters. The number of anilines is 1. The maximum atomic E-state index is 14.7. The summed E-state index contributed by atoms with van der Waals surface area (Å²) >= 11 is 0. The molecule has 4 aromatic rings. The Bertz CT molecular complexity index is 1420. The number of amides is 1. The van der Waals surface area contributed by atoms with Crippen molar-refractivity contribution in [2.24, 2.45) is 5.73 Å². The first-order valence-electron chi connectivity index (χ1n) is 11.4. The topological polar surface area (TPSA) is 77.2 Å². The smallest absolute Gasteiger partial charge is 0.274 e. The molecule has 0 aliphatic heterocycles. The normalized spacial score (nSPS) is 10.8. The molecule has 35 heavy (non-hydrogen) atoms. The van der Waals surface area contributed by atoms with Crippen LogP contribution in [0.2, 0.25) is 0 Å². The van der Waals surface area contributed by atoms with Crippen LogP contribution >= 0.6 is 0 Å². The number of rotatable bonds is 6. The Morgan fingerprint density at radius 1 is 0.943 bits per heavy atom. The molecule has 0 aliphatic carbocycles. The molecule has 3 N–H and O–H groups in total. The average Bonchev–Trinajstić information content (AvgIpc) is 2.85. The molecule has 4 rings (SSSR count). The van der Waals surface area contributed by atoms with E-state index < -0.39 is 5.82 Å². The van der Waals surface area contributed by atoms with Crippen molar-refractivity contribution in [2.45, 2.75) is 27.3 Å². The fourth-order valence-corrected chi connectivity index (χ4v) is 4.31. The summed E-state index contributed by atoms with van der Waals surface area (Å²) in [6, 6.07) is 20.4. The zero-order valence-electron chi connectivity index (χ0n) is 20.3. The van der Waals surface area contributed by atoms with Gasteiger partial charge in [-0.1, -0.05) is 36.4 Å². The van der Waals surface area contributed by atoms with Gasteiger partial charge in [0.15, 0.2) is 0 Å². The van der Waals surface area contributed by atoms with Crippen molar-refractivity contribution in [1.29, 1.82) is 0 Å². The van der Waals surface area contributed by atoms with Crippen LogP contribution in [-0.4, -0.2) is 18.0 Å². The molecular weight excluding hydrogens is 441 g/mol. The Labute approximate surface area is 204 Å². The number of benzene rings is 3. The van der Waals surface area contributed by atoms with Crippen LogP contribution in [-0.2, 0) is 6.54 Å². The van der Waals surface area contributed by atoms with E-state index >= 15 is 0 Å². The lowest BCUT2D eigenvalue weighted by molar-refractivity contribution is 0.102. The third-order valence-electron chi connectivity index (χ3n) is 6.22. The lowest BCUT2D eigenvalue weighted by Gasteiger charge is -2.17. The van der Waals surface area contributed by atoms with Gasteiger partial charge in [0.1, 0.15) is 17.3 Å². The molecule has 1 heterocycles. The van der Waals surface area contributed by atoms with Gasteiger partial charge < -0.3 is 15.8 Å². The van der Waals surface area contributed by atoms with Crippen LogP contribution in [0.3, 0.4) is 0 Å². The number of nitrogens with zero attached hydrogens (tertiary/aromatic N) is 1. The summed E-state index contributed by atoms with van der Waals surface area (Å²) in [5.74, 6) is -0.225. The summed E-state index contributed by atoms with van der Waals surface area (Å²) in [5.41, 5.74) is 13.4. The number of nitrogens with one attached hydrogen (secondary N) is 1. The van der Waals surface area contributed by atoms with E-state index in [1.165, 1.54) is 13.2 Å². The lowest BCUT2D eigenvalue weighted by atomic mass is 9.90. The molecule has 0 saturated heterocycles. The molecule has 1 amide bonds. The minimum absolute atomic E-state index is 0.0596. The SMILES string of the molecule is COc1cc(-c2cccc(-c3cccc(NC(=O)c4cccc(C)n4)c3C)c2C)cc(F)c1CN. The Hall–Kier alpha value is -4.03. The fourth-order valence-electron chi connectivity index (χ4n) is 4.31. The van der Waals surface area contributed by atoms with Crippen molar-refractivity contribution in [3.8, 4) is 28.0 Å². The number of carbonyl (C=O) groups excluding carboxylic acids is 1. The van der Waals surface area contributed by atoms with Gasteiger partial charge in [-0.2, -0.15) is 0 Å². The number of halogens is 1. The number of pyridine rings is 1. The molecule has 0 radical (unpaired) electrons. The van der Waals surface area contributed by atoms with Crippen molar-refractivity contribution >= 4 is 11.6 Å². The summed E-state index contributed by atoms with van der Waals surface area (Å²) in [4.78, 5) is 17.1. The highest BCUT2D eigenvalue weighted by molar-refractivity contribution is 6.03. The summed E-state index contributed by atoms with van der Waals surface area (Å²) in [7, 11) is 1.51. The second-order valence-corrected chi connectivity index (χ2v) is 8.42. The highest BCUT2D eigenvalue weighted by Gasteiger charge is 2.17. The zero-order valence-corrected chi connectivity index (χ0v) is 20.3. The Kier molecular flexibility index (Phi) is 6.94. The minimum atomic E-state index is -0.391. The van der Waals surface area contributed by atoms with E-state index in [1.54, 1.807) is 6.07 Å². The molecule has 1 aromatic heterocycles. The van der Waals surface area contributed by atoms with Gasteiger partial charge in [0, 0.05) is 23.5 Å². The first-order chi connectivity index (χ1) is 16.8. The number of hydrogen-bond donors (Lipinski definition) is 2. The molecule has 5 nitrogen and oxygen atoms in total. The quantitative estimate of drug-likeness (QED) is 0.352. The van der Waals surface area contributed by atoms with Crippen molar-refractivity contribution in [1.82, 2.24) is 4.98 Å². The number of aryl methyl sites for hydroxylation is 1. The molecule has 0 saturated carbocycles. The van der Waals surface area contributed by atoms with Crippen LogP contribution in [0, 0.1) is 26.6 Å². The number of hydrogen-bond acceptors (Lipinski definition) is 4. The summed E-state index contributed by atoms with van der Waals surface area (Å²) in [5, 5.41) is 2.99. The van der Waals surface area contributed by atoms with Crippen LogP contribution in [0.5, 0.6) is 5.75 Å². The van der Waals surface area contributed by atoms with Gasteiger partial charge >= 0.3 is 0 Å². The lowest BCUT2D eigenvalue weighted by Crippen LogP contribution is -2.15. The zero-order chi connectivity index (χ0) is 25.1. The minimum Gasteiger partial charge on any atom is -0.496 e. The van der Waals surface area contributed by atoms with E-state index in [2.05, 4.69) is 10.3 Å². The summed E-state index contributed by atoms with van der Waals surface area (Å²) in [6.45, 7) is 5.89. The molecule has 6 heteroatoms. The number of methoxy groups -OCH3 is 1. The number of carbonyl (C=O) groups is 1. The van der Waals surface area contributed by atoms with Gasteiger partial charge in [0.2, 0.25) is 0 Å². The predicted octanol–water partition coefficient (Wildman–Crippen LogP) is 6.20. The van der Waals surface area contributed by atoms with Gasteiger partial charge in [-0.25, -0.2) is 9.37 Å². The van der Waals surface area contributed by atoms with Gasteiger partial charge in [-0.05, 0) is 84.5 Å². The van der Waals surface area contributed by atoms with Crippen molar-refractivity contribution in [2.75, 3.05) is 12.4 Å². The fraction of sp³-hybridized carbons (Fsp3) is 0.172. The van der Waals surface area contributed by atoms with E-state index in [0.717, 1.165) is 33.5 Å². The second-order valence-electron chi connectivity index (χ2n) is 8.42. The summed E-state index contributed by atoms with van der Waals surface area (Å²) < 4.78 is 20.1. The van der Waals surface area contributed by atoms with E-state index in [-0.39, 0.29) is 12.5 Å². The average molecular weight is 470 g/mol. The first kappa shape index (κ1) is 24.1. The molecule has 3 aromatic carbocycles. The Morgan fingerprint density at radius 2 is 1.60 bits per heavy atom. The monoisotopic (exact) mass is 469 g/mol. The molecular formula is C29H28FN3O2. The Morgan fingerprint density at radius 3 is 2.29 bits per heavy atom. The summed E-state index contributed by atoms with van der Waals surface area (Å²) in [6.07, 6.45) is 0. The van der Waals surface area contributed by atoms with Crippen LogP contribution in [0.25, 0.3) is 22.3 Å². The van der Waals surface area contributed by atoms with Gasteiger partial charge in [0.25, 0.3) is 5.91 Å². The third-order valence-corrected chi connectivity index (χ3v) is 6.22. The van der Waals surface area contributed by atoms with Crippen molar-refractivity contribution in [3.63, 3.8) is 0 Å². The maximum Gasteiger partial charge on any atom is 0.274 e. The largest absolute Gasteiger partial charge is 0.496 e. The standard InChI is InChI=1S/C29H28FN3O2/c1-17-8-5-13-27(32-17)29(34)33-26-12-7-11-23(19(26)3)22-10-6-9-21(18(22)2)20-14-25(30)24(16-31)28(15-20)35-4/h5-15H,16,31H2,1-4H3,(H,33,34). The van der Waals surface area contributed by atoms with E-state index in [1.807, 2.05) is 75.4 Å². The predicted molar refractivity (Wildman–Crippen MR) is 138 cm³/mol. The van der Waals surface area contributed by atoms with Crippen LogP contribution in [0.1, 0.15) is 32.9 Å². The van der Waals surface area contributed by atoms with Crippen LogP contribution in [0.4, 0.5) is 10.1 Å². The highest BCUT2D eigenvalue weighted by Crippen LogP contribution is 2.37. The van der Waals surface area contributed by atoms with Gasteiger partial charge in [-0.15, -0.1) is 0 Å². The number of aromatic nitrogens is 1. The number of ether oxygens (including phenoxy) is 1. The van der Waals surface area contributed by atoms with Crippen LogP contribution < -0.4 is 15.8 Å². The molecule has 0 spiro atoms.